The molecule has 104 valence electrons. The van der Waals surface area contributed by atoms with E-state index < -0.39 is 0 Å². The van der Waals surface area contributed by atoms with E-state index in [1.54, 1.807) is 0 Å². The van der Waals surface area contributed by atoms with E-state index >= 15 is 0 Å². The second kappa shape index (κ2) is 6.33. The fourth-order valence-corrected chi connectivity index (χ4v) is 2.30. The third kappa shape index (κ3) is 3.67. The summed E-state index contributed by atoms with van der Waals surface area (Å²) < 4.78 is 5.29. The Morgan fingerprint density at radius 1 is 1.25 bits per heavy atom. The van der Waals surface area contributed by atoms with E-state index in [1.807, 2.05) is 6.92 Å². The molecule has 0 saturated heterocycles. The van der Waals surface area contributed by atoms with Gasteiger partial charge in [-0.1, -0.05) is 41.4 Å². The molecule has 0 radical (unpaired) electrons. The van der Waals surface area contributed by atoms with Gasteiger partial charge in [-0.3, -0.25) is 0 Å². The lowest BCUT2D eigenvalue weighted by Crippen LogP contribution is -1.96. The first kappa shape index (κ1) is 14.3. The molecule has 4 nitrogen and oxygen atoms in total. The highest BCUT2D eigenvalue weighted by molar-refractivity contribution is 5.30. The second-order valence-electron chi connectivity index (χ2n) is 5.32. The first-order valence-electron chi connectivity index (χ1n) is 6.85. The van der Waals surface area contributed by atoms with Gasteiger partial charge in [0.2, 0.25) is 5.89 Å². The smallest absolute Gasteiger partial charge is 0.229 e. The van der Waals surface area contributed by atoms with E-state index in [9.17, 15) is 0 Å². The number of hydrogen-bond acceptors (Lipinski definition) is 4. The number of hydrogen-bond donors (Lipinski definition) is 0. The van der Waals surface area contributed by atoms with Crippen molar-refractivity contribution >= 4 is 0 Å². The Bertz CT molecular complexity index is 605. The van der Waals surface area contributed by atoms with Crippen LogP contribution in [0, 0.1) is 25.2 Å². The Kier molecular flexibility index (Phi) is 4.52. The van der Waals surface area contributed by atoms with Crippen LogP contribution < -0.4 is 0 Å². The minimum absolute atomic E-state index is 0.134. The molecule has 0 N–H and O–H groups in total. The first-order chi connectivity index (χ1) is 9.58. The van der Waals surface area contributed by atoms with Crippen LogP contribution in [-0.2, 0) is 6.42 Å². The Hall–Kier alpha value is -2.15. The lowest BCUT2D eigenvalue weighted by atomic mass is 10.0. The van der Waals surface area contributed by atoms with E-state index in [4.69, 9.17) is 9.78 Å². The summed E-state index contributed by atoms with van der Waals surface area (Å²) >= 11 is 0. The summed E-state index contributed by atoms with van der Waals surface area (Å²) in [7, 11) is 0. The molecule has 0 aliphatic heterocycles. The highest BCUT2D eigenvalue weighted by atomic mass is 16.5. The topological polar surface area (TPSA) is 62.7 Å². The van der Waals surface area contributed by atoms with Gasteiger partial charge in [0.05, 0.1) is 6.07 Å². The van der Waals surface area contributed by atoms with E-state index in [-0.39, 0.29) is 5.92 Å². The van der Waals surface area contributed by atoms with Gasteiger partial charge < -0.3 is 4.52 Å². The van der Waals surface area contributed by atoms with Crippen LogP contribution in [0.15, 0.2) is 22.7 Å². The van der Waals surface area contributed by atoms with Gasteiger partial charge in [0, 0.05) is 18.8 Å². The molecule has 4 heteroatoms. The van der Waals surface area contributed by atoms with Crippen LogP contribution in [0.3, 0.4) is 0 Å². The Morgan fingerprint density at radius 2 is 1.95 bits per heavy atom. The van der Waals surface area contributed by atoms with Crippen molar-refractivity contribution in [3.63, 3.8) is 0 Å². The Morgan fingerprint density at radius 3 is 2.60 bits per heavy atom. The summed E-state index contributed by atoms with van der Waals surface area (Å²) in [6.45, 7) is 6.18. The highest BCUT2D eigenvalue weighted by Gasteiger charge is 2.14. The molecule has 0 aliphatic carbocycles. The summed E-state index contributed by atoms with van der Waals surface area (Å²) in [6, 6.07) is 8.57. The van der Waals surface area contributed by atoms with Crippen molar-refractivity contribution in [2.45, 2.75) is 46.0 Å². The number of nitriles is 1. The van der Waals surface area contributed by atoms with Crippen LogP contribution in [0.25, 0.3) is 0 Å². The molecule has 0 amide bonds. The van der Waals surface area contributed by atoms with Crippen molar-refractivity contribution in [3.8, 4) is 6.07 Å². The molecular weight excluding hydrogens is 250 g/mol. The van der Waals surface area contributed by atoms with Crippen LogP contribution >= 0.6 is 0 Å². The standard InChI is InChI=1S/C16H19N3O/c1-11-7-12(2)9-14(8-11)10-15-18-16(20-19-15)13(3)5-4-6-17/h7-9,13H,4-5,10H2,1-3H3. The van der Waals surface area contributed by atoms with Gasteiger partial charge in [-0.25, -0.2) is 0 Å². The van der Waals surface area contributed by atoms with Crippen LogP contribution in [0.1, 0.15) is 54.1 Å². The fourth-order valence-electron chi connectivity index (χ4n) is 2.30. The van der Waals surface area contributed by atoms with Crippen molar-refractivity contribution in [2.24, 2.45) is 0 Å². The molecule has 0 spiro atoms. The van der Waals surface area contributed by atoms with Crippen molar-refractivity contribution in [2.75, 3.05) is 0 Å². The van der Waals surface area contributed by atoms with Gasteiger partial charge in [0.25, 0.3) is 0 Å². The number of nitrogens with zero attached hydrogens (tertiary/aromatic N) is 3. The van der Waals surface area contributed by atoms with Gasteiger partial charge in [0.15, 0.2) is 5.82 Å². The maximum Gasteiger partial charge on any atom is 0.229 e. The average Bonchev–Trinajstić information content (AvgIpc) is 2.83. The molecule has 1 aromatic heterocycles. The third-order valence-corrected chi connectivity index (χ3v) is 3.24. The SMILES string of the molecule is Cc1cc(C)cc(Cc2noc(C(C)CCC#N)n2)c1. The quantitative estimate of drug-likeness (QED) is 0.830. The van der Waals surface area contributed by atoms with E-state index in [0.29, 0.717) is 24.6 Å². The molecule has 2 rings (SSSR count). The summed E-state index contributed by atoms with van der Waals surface area (Å²) in [5.41, 5.74) is 3.68. The zero-order chi connectivity index (χ0) is 14.5. The third-order valence-electron chi connectivity index (χ3n) is 3.24. The molecule has 0 fully saturated rings. The Labute approximate surface area is 119 Å². The first-order valence-corrected chi connectivity index (χ1v) is 6.85. The molecule has 1 aromatic carbocycles. The average molecular weight is 269 g/mol. The summed E-state index contributed by atoms with van der Waals surface area (Å²) in [6.07, 6.45) is 1.94. The zero-order valence-corrected chi connectivity index (χ0v) is 12.2. The molecule has 1 atom stereocenters. The van der Waals surface area contributed by atoms with E-state index in [1.165, 1.54) is 16.7 Å². The van der Waals surface area contributed by atoms with Gasteiger partial charge >= 0.3 is 0 Å². The number of aryl methyl sites for hydroxylation is 2. The summed E-state index contributed by atoms with van der Waals surface area (Å²) in [5, 5.41) is 12.6. The summed E-state index contributed by atoms with van der Waals surface area (Å²) in [5.74, 6) is 1.46. The molecule has 20 heavy (non-hydrogen) atoms. The predicted molar refractivity (Wildman–Crippen MR) is 76.3 cm³/mol. The van der Waals surface area contributed by atoms with Crippen molar-refractivity contribution in [3.05, 3.63) is 46.6 Å². The second-order valence-corrected chi connectivity index (χ2v) is 5.32. The molecule has 1 unspecified atom stereocenters. The molecular formula is C16H19N3O. The predicted octanol–water partition coefficient (Wildman–Crippen LogP) is 3.68. The van der Waals surface area contributed by atoms with Crippen LogP contribution in [0.4, 0.5) is 0 Å². The van der Waals surface area contributed by atoms with Gasteiger partial charge in [-0.05, 0) is 25.8 Å². The van der Waals surface area contributed by atoms with Gasteiger partial charge in [-0.15, -0.1) is 0 Å². The van der Waals surface area contributed by atoms with E-state index in [0.717, 1.165) is 6.42 Å². The molecule has 1 heterocycles. The van der Waals surface area contributed by atoms with Gasteiger partial charge in [0.1, 0.15) is 0 Å². The van der Waals surface area contributed by atoms with Crippen LogP contribution in [0.5, 0.6) is 0 Å². The minimum atomic E-state index is 0.134. The molecule has 0 aliphatic rings. The lowest BCUT2D eigenvalue weighted by molar-refractivity contribution is 0.351. The van der Waals surface area contributed by atoms with Crippen molar-refractivity contribution in [1.29, 1.82) is 5.26 Å². The largest absolute Gasteiger partial charge is 0.339 e. The molecule has 0 bridgehead atoms. The lowest BCUT2D eigenvalue weighted by Gasteiger charge is -2.02. The Balaban J connectivity index is 2.07. The van der Waals surface area contributed by atoms with Crippen molar-refractivity contribution in [1.82, 2.24) is 10.1 Å². The maximum atomic E-state index is 8.60. The summed E-state index contributed by atoms with van der Waals surface area (Å²) in [4.78, 5) is 4.43. The molecule has 0 saturated carbocycles. The van der Waals surface area contributed by atoms with Gasteiger partial charge in [-0.2, -0.15) is 10.2 Å². The fraction of sp³-hybridized carbons (Fsp3) is 0.438. The van der Waals surface area contributed by atoms with Crippen molar-refractivity contribution < 1.29 is 4.52 Å². The maximum absolute atomic E-state index is 8.60. The monoisotopic (exact) mass is 269 g/mol. The number of aromatic nitrogens is 2. The number of rotatable bonds is 5. The normalized spacial score (nSPS) is 12.1. The molecule has 2 aromatic rings. The van der Waals surface area contributed by atoms with Crippen LogP contribution in [-0.4, -0.2) is 10.1 Å². The minimum Gasteiger partial charge on any atom is -0.339 e. The zero-order valence-electron chi connectivity index (χ0n) is 12.2. The highest BCUT2D eigenvalue weighted by Crippen LogP contribution is 2.19. The number of benzene rings is 1. The van der Waals surface area contributed by atoms with Crippen LogP contribution in [0.2, 0.25) is 0 Å². The van der Waals surface area contributed by atoms with E-state index in [2.05, 4.69) is 48.3 Å².